The van der Waals surface area contributed by atoms with E-state index < -0.39 is 32.6 Å². The molecule has 0 bridgehead atoms. The molecular formula is C11H12F3NO4S2. The lowest BCUT2D eigenvalue weighted by Crippen LogP contribution is -2.30. The third-order valence-corrected chi connectivity index (χ3v) is 6.06. The Morgan fingerprint density at radius 3 is 2.67 bits per heavy atom. The van der Waals surface area contributed by atoms with Crippen molar-refractivity contribution in [3.05, 3.63) is 16.3 Å². The van der Waals surface area contributed by atoms with Crippen molar-refractivity contribution in [2.75, 3.05) is 13.1 Å². The fraction of sp³-hybridized carbons (Fsp3) is 0.545. The highest BCUT2D eigenvalue weighted by Crippen LogP contribution is 2.38. The Bertz CT molecular complexity index is 638. The van der Waals surface area contributed by atoms with Crippen LogP contribution in [0.15, 0.2) is 15.7 Å². The highest BCUT2D eigenvalue weighted by molar-refractivity contribution is 7.89. The standard InChI is InChI=1S/C11H12F3NO4S2/c12-11(13,14)8-5-20-6-9(8)21(18,19)15-2-1-7(4-15)3-10(16)17/h5-7H,1-4H2,(H,16,17)/t7-/m1/s1. The number of hydrogen-bond donors (Lipinski definition) is 1. The maximum atomic E-state index is 12.8. The van der Waals surface area contributed by atoms with E-state index in [1.807, 2.05) is 0 Å². The Hall–Kier alpha value is -1.13. The van der Waals surface area contributed by atoms with Gasteiger partial charge in [0, 0.05) is 30.3 Å². The number of carboxylic acid groups (broad SMARTS) is 1. The van der Waals surface area contributed by atoms with Gasteiger partial charge >= 0.3 is 12.1 Å². The zero-order valence-electron chi connectivity index (χ0n) is 10.6. The van der Waals surface area contributed by atoms with E-state index in [1.54, 1.807) is 0 Å². The fourth-order valence-corrected chi connectivity index (χ4v) is 5.19. The highest BCUT2D eigenvalue weighted by atomic mass is 32.2. The molecule has 0 amide bonds. The fourth-order valence-electron chi connectivity index (χ4n) is 2.26. The molecule has 5 nitrogen and oxygen atoms in total. The molecule has 2 heterocycles. The Labute approximate surface area is 123 Å². The topological polar surface area (TPSA) is 74.7 Å². The summed E-state index contributed by atoms with van der Waals surface area (Å²) in [4.78, 5) is 9.86. The summed E-state index contributed by atoms with van der Waals surface area (Å²) in [6.45, 7) is -0.0325. The number of sulfonamides is 1. The summed E-state index contributed by atoms with van der Waals surface area (Å²) in [7, 11) is -4.25. The maximum Gasteiger partial charge on any atom is 0.418 e. The quantitative estimate of drug-likeness (QED) is 0.910. The molecule has 1 atom stereocenters. The molecule has 0 unspecified atom stereocenters. The van der Waals surface area contributed by atoms with Crippen LogP contribution >= 0.6 is 11.3 Å². The summed E-state index contributed by atoms with van der Waals surface area (Å²) in [6, 6.07) is 0. The summed E-state index contributed by atoms with van der Waals surface area (Å²) >= 11 is 0.670. The van der Waals surface area contributed by atoms with E-state index in [2.05, 4.69) is 0 Å². The van der Waals surface area contributed by atoms with Crippen LogP contribution in [0.2, 0.25) is 0 Å². The molecule has 1 saturated heterocycles. The predicted molar refractivity (Wildman–Crippen MR) is 68.4 cm³/mol. The van der Waals surface area contributed by atoms with Gasteiger partial charge in [-0.1, -0.05) is 0 Å². The molecule has 118 valence electrons. The summed E-state index contributed by atoms with van der Waals surface area (Å²) < 4.78 is 63.9. The molecule has 1 aromatic heterocycles. The van der Waals surface area contributed by atoms with Crippen LogP contribution in [0.25, 0.3) is 0 Å². The van der Waals surface area contributed by atoms with Gasteiger partial charge in [0.15, 0.2) is 0 Å². The van der Waals surface area contributed by atoms with Gasteiger partial charge in [0.1, 0.15) is 4.90 Å². The molecule has 0 radical (unpaired) electrons. The lowest BCUT2D eigenvalue weighted by atomic mass is 10.1. The Morgan fingerprint density at radius 1 is 1.43 bits per heavy atom. The monoisotopic (exact) mass is 343 g/mol. The average Bonchev–Trinajstić information content (AvgIpc) is 2.94. The van der Waals surface area contributed by atoms with Gasteiger partial charge in [0.05, 0.1) is 5.56 Å². The molecule has 1 N–H and O–H groups in total. The van der Waals surface area contributed by atoms with Crippen molar-refractivity contribution in [1.29, 1.82) is 0 Å². The van der Waals surface area contributed by atoms with Crippen LogP contribution in [0, 0.1) is 5.92 Å². The normalized spacial score (nSPS) is 20.8. The van der Waals surface area contributed by atoms with E-state index in [4.69, 9.17) is 5.11 Å². The Morgan fingerprint density at radius 2 is 2.10 bits per heavy atom. The molecule has 0 spiro atoms. The van der Waals surface area contributed by atoms with Crippen molar-refractivity contribution in [2.24, 2.45) is 5.92 Å². The first kappa shape index (κ1) is 16.2. The van der Waals surface area contributed by atoms with E-state index >= 15 is 0 Å². The van der Waals surface area contributed by atoms with Crippen LogP contribution in [0.4, 0.5) is 13.2 Å². The first-order valence-corrected chi connectivity index (χ1v) is 8.36. The van der Waals surface area contributed by atoms with Crippen molar-refractivity contribution in [2.45, 2.75) is 23.9 Å². The molecule has 1 aliphatic heterocycles. The first-order valence-electron chi connectivity index (χ1n) is 5.97. The van der Waals surface area contributed by atoms with Gasteiger partial charge < -0.3 is 5.11 Å². The molecular weight excluding hydrogens is 331 g/mol. The summed E-state index contributed by atoms with van der Waals surface area (Å²) in [5.74, 6) is -1.42. The molecule has 1 aliphatic rings. The number of aliphatic carboxylic acids is 1. The minimum absolute atomic E-state index is 0.0351. The van der Waals surface area contributed by atoms with Crippen LogP contribution < -0.4 is 0 Å². The molecule has 1 fully saturated rings. The second-order valence-corrected chi connectivity index (χ2v) is 7.41. The van der Waals surface area contributed by atoms with Crippen molar-refractivity contribution < 1.29 is 31.5 Å². The molecule has 2 rings (SSSR count). The van der Waals surface area contributed by atoms with Gasteiger partial charge in [0.2, 0.25) is 10.0 Å². The van der Waals surface area contributed by atoms with Crippen molar-refractivity contribution in [1.82, 2.24) is 4.31 Å². The SMILES string of the molecule is O=C(O)C[C@H]1CCN(S(=O)(=O)c2cscc2C(F)(F)F)C1. The third kappa shape index (κ3) is 3.38. The number of hydrogen-bond acceptors (Lipinski definition) is 4. The number of nitrogens with zero attached hydrogens (tertiary/aromatic N) is 1. The number of halogens is 3. The zero-order valence-corrected chi connectivity index (χ0v) is 12.3. The van der Waals surface area contributed by atoms with Crippen LogP contribution in [0.5, 0.6) is 0 Å². The Balaban J connectivity index is 2.24. The lowest BCUT2D eigenvalue weighted by Gasteiger charge is -2.17. The maximum absolute atomic E-state index is 12.8. The van der Waals surface area contributed by atoms with Crippen LogP contribution in [0.1, 0.15) is 18.4 Å². The van der Waals surface area contributed by atoms with E-state index in [0.29, 0.717) is 17.8 Å². The number of carboxylic acids is 1. The van der Waals surface area contributed by atoms with Crippen molar-refractivity contribution >= 4 is 27.3 Å². The van der Waals surface area contributed by atoms with E-state index in [9.17, 15) is 26.4 Å². The number of alkyl halides is 3. The van der Waals surface area contributed by atoms with Gasteiger partial charge in [-0.15, -0.1) is 0 Å². The average molecular weight is 343 g/mol. The molecule has 0 aromatic carbocycles. The van der Waals surface area contributed by atoms with Crippen molar-refractivity contribution in [3.63, 3.8) is 0 Å². The van der Waals surface area contributed by atoms with E-state index in [1.165, 1.54) is 0 Å². The molecule has 1 aromatic rings. The number of carbonyl (C=O) groups is 1. The van der Waals surface area contributed by atoms with E-state index in [0.717, 1.165) is 15.1 Å². The number of thiophene rings is 1. The third-order valence-electron chi connectivity index (χ3n) is 3.26. The van der Waals surface area contributed by atoms with Crippen LogP contribution in [-0.4, -0.2) is 36.9 Å². The zero-order chi connectivity index (χ0) is 15.8. The minimum Gasteiger partial charge on any atom is -0.481 e. The van der Waals surface area contributed by atoms with Gasteiger partial charge in [0.25, 0.3) is 0 Å². The highest BCUT2D eigenvalue weighted by Gasteiger charge is 2.41. The summed E-state index contributed by atoms with van der Waals surface area (Å²) in [5.41, 5.74) is -1.17. The Kier molecular flexibility index (Phi) is 4.31. The summed E-state index contributed by atoms with van der Waals surface area (Å²) in [6.07, 6.45) is -4.60. The second-order valence-electron chi connectivity index (χ2n) is 4.76. The van der Waals surface area contributed by atoms with Gasteiger partial charge in [-0.3, -0.25) is 4.79 Å². The van der Waals surface area contributed by atoms with Gasteiger partial charge in [-0.05, 0) is 12.3 Å². The van der Waals surface area contributed by atoms with Crippen LogP contribution in [-0.2, 0) is 21.0 Å². The molecule has 0 saturated carbocycles. The number of rotatable bonds is 4. The van der Waals surface area contributed by atoms with Crippen molar-refractivity contribution in [3.8, 4) is 0 Å². The molecule has 10 heteroatoms. The molecule has 0 aliphatic carbocycles. The second kappa shape index (κ2) is 5.58. The van der Waals surface area contributed by atoms with E-state index in [-0.39, 0.29) is 25.4 Å². The van der Waals surface area contributed by atoms with Gasteiger partial charge in [-0.25, -0.2) is 8.42 Å². The predicted octanol–water partition coefficient (Wildman–Crippen LogP) is 2.25. The van der Waals surface area contributed by atoms with Crippen LogP contribution in [0.3, 0.4) is 0 Å². The summed E-state index contributed by atoms with van der Waals surface area (Å²) in [5, 5.41) is 10.4. The largest absolute Gasteiger partial charge is 0.481 e. The first-order chi connectivity index (χ1) is 9.62. The lowest BCUT2D eigenvalue weighted by molar-refractivity contribution is -0.139. The minimum atomic E-state index is -4.73. The van der Waals surface area contributed by atoms with Gasteiger partial charge in [-0.2, -0.15) is 28.8 Å². The molecule has 21 heavy (non-hydrogen) atoms. The smallest absolute Gasteiger partial charge is 0.418 e.